The van der Waals surface area contributed by atoms with E-state index < -0.39 is 17.8 Å². The van der Waals surface area contributed by atoms with Gasteiger partial charge in [-0.15, -0.1) is 0 Å². The SMILES string of the molecule is CCCOc1ccccc1[C@H]1C(C(=O)OC)=C(C)N=C2C[C@@H](c3ccccc3)CC(=O)C21. The van der Waals surface area contributed by atoms with Crippen molar-refractivity contribution in [3.63, 3.8) is 0 Å². The number of para-hydroxylation sites is 1. The molecule has 1 saturated carbocycles. The van der Waals surface area contributed by atoms with Gasteiger partial charge in [-0.3, -0.25) is 9.79 Å². The maximum Gasteiger partial charge on any atom is 0.336 e. The molecule has 5 heteroatoms. The molecule has 2 aromatic carbocycles. The molecule has 32 heavy (non-hydrogen) atoms. The van der Waals surface area contributed by atoms with Crippen LogP contribution in [0.25, 0.3) is 0 Å². The first kappa shape index (κ1) is 22.0. The van der Waals surface area contributed by atoms with Crippen molar-refractivity contribution in [3.8, 4) is 5.75 Å². The first-order chi connectivity index (χ1) is 15.5. The van der Waals surface area contributed by atoms with Gasteiger partial charge < -0.3 is 9.47 Å². The molecule has 0 radical (unpaired) electrons. The zero-order valence-electron chi connectivity index (χ0n) is 18.8. The summed E-state index contributed by atoms with van der Waals surface area (Å²) in [5.74, 6) is -0.496. The Hall–Kier alpha value is -3.21. The number of allylic oxidation sites excluding steroid dienone is 1. The fraction of sp³-hybridized carbons (Fsp3) is 0.370. The molecule has 1 fully saturated rings. The Labute approximate surface area is 189 Å². The van der Waals surface area contributed by atoms with Gasteiger partial charge in [0.15, 0.2) is 0 Å². The Morgan fingerprint density at radius 3 is 2.47 bits per heavy atom. The summed E-state index contributed by atoms with van der Waals surface area (Å²) in [4.78, 5) is 31.2. The number of carbonyl (C=O) groups is 2. The molecular formula is C27H29NO4. The topological polar surface area (TPSA) is 65.0 Å². The monoisotopic (exact) mass is 431 g/mol. The van der Waals surface area contributed by atoms with Crippen molar-refractivity contribution < 1.29 is 19.1 Å². The zero-order chi connectivity index (χ0) is 22.7. The van der Waals surface area contributed by atoms with Gasteiger partial charge in [-0.1, -0.05) is 55.5 Å². The standard InChI is InChI=1S/C27H29NO4/c1-4-14-32-23-13-9-8-12-20(23)25-24(27(30)31-3)17(2)28-21-15-19(16-22(29)26(21)25)18-10-6-5-7-11-18/h5-13,19,25-26H,4,14-16H2,1-3H3/t19-,25+,26?/m1/s1. The summed E-state index contributed by atoms with van der Waals surface area (Å²) in [5.41, 5.74) is 3.88. The van der Waals surface area contributed by atoms with Gasteiger partial charge in [0.25, 0.3) is 0 Å². The molecule has 5 nitrogen and oxygen atoms in total. The normalized spacial score (nSPS) is 22.8. The number of Topliss-reactive ketones (excluding diaryl/α,β-unsaturated/α-hetero) is 1. The number of ketones is 1. The van der Waals surface area contributed by atoms with E-state index >= 15 is 0 Å². The number of esters is 1. The summed E-state index contributed by atoms with van der Waals surface area (Å²) >= 11 is 0. The fourth-order valence-corrected chi connectivity index (χ4v) is 4.93. The van der Waals surface area contributed by atoms with Crippen LogP contribution in [0.3, 0.4) is 0 Å². The van der Waals surface area contributed by atoms with Gasteiger partial charge in [0.1, 0.15) is 11.5 Å². The van der Waals surface area contributed by atoms with Gasteiger partial charge >= 0.3 is 5.97 Å². The third-order valence-electron chi connectivity index (χ3n) is 6.35. The van der Waals surface area contributed by atoms with E-state index in [2.05, 4.69) is 12.1 Å². The largest absolute Gasteiger partial charge is 0.493 e. The molecule has 1 unspecified atom stereocenters. The van der Waals surface area contributed by atoms with E-state index in [9.17, 15) is 9.59 Å². The summed E-state index contributed by atoms with van der Waals surface area (Å²) in [5, 5.41) is 0. The number of aliphatic imine (C=N–C) groups is 1. The predicted molar refractivity (Wildman–Crippen MR) is 124 cm³/mol. The van der Waals surface area contributed by atoms with Crippen LogP contribution in [0.4, 0.5) is 0 Å². The Morgan fingerprint density at radius 2 is 1.75 bits per heavy atom. The van der Waals surface area contributed by atoms with E-state index in [1.54, 1.807) is 0 Å². The second-order valence-corrected chi connectivity index (χ2v) is 8.42. The predicted octanol–water partition coefficient (Wildman–Crippen LogP) is 5.22. The average molecular weight is 432 g/mol. The summed E-state index contributed by atoms with van der Waals surface area (Å²) in [6.07, 6.45) is 1.99. The highest BCUT2D eigenvalue weighted by Crippen LogP contribution is 2.47. The number of rotatable bonds is 6. The lowest BCUT2D eigenvalue weighted by molar-refractivity contribution is -0.136. The van der Waals surface area contributed by atoms with Crippen LogP contribution in [-0.2, 0) is 14.3 Å². The first-order valence-electron chi connectivity index (χ1n) is 11.2. The second-order valence-electron chi connectivity index (χ2n) is 8.42. The van der Waals surface area contributed by atoms with Crippen LogP contribution >= 0.6 is 0 Å². The molecule has 2 aromatic rings. The van der Waals surface area contributed by atoms with Crippen LogP contribution in [-0.4, -0.2) is 31.2 Å². The Kier molecular flexibility index (Phi) is 6.54. The Morgan fingerprint density at radius 1 is 1.03 bits per heavy atom. The zero-order valence-corrected chi connectivity index (χ0v) is 18.8. The van der Waals surface area contributed by atoms with Crippen LogP contribution in [0.1, 0.15) is 56.1 Å². The Balaban J connectivity index is 1.81. The van der Waals surface area contributed by atoms with E-state index in [-0.39, 0.29) is 11.7 Å². The molecule has 2 aliphatic rings. The molecule has 1 aliphatic heterocycles. The minimum absolute atomic E-state index is 0.0958. The molecule has 1 heterocycles. The second kappa shape index (κ2) is 9.51. The van der Waals surface area contributed by atoms with Crippen molar-refractivity contribution >= 4 is 17.5 Å². The summed E-state index contributed by atoms with van der Waals surface area (Å²) in [6.45, 7) is 4.44. The summed E-state index contributed by atoms with van der Waals surface area (Å²) in [6, 6.07) is 17.8. The van der Waals surface area contributed by atoms with Gasteiger partial charge in [0.2, 0.25) is 0 Å². The molecule has 0 N–H and O–H groups in total. The molecular weight excluding hydrogens is 402 g/mol. The number of hydrogen-bond donors (Lipinski definition) is 0. The number of benzene rings is 2. The van der Waals surface area contributed by atoms with E-state index in [1.165, 1.54) is 7.11 Å². The molecule has 0 saturated heterocycles. The number of hydrogen-bond acceptors (Lipinski definition) is 5. The van der Waals surface area contributed by atoms with Gasteiger partial charge in [0, 0.05) is 29.3 Å². The fourth-order valence-electron chi connectivity index (χ4n) is 4.93. The van der Waals surface area contributed by atoms with E-state index in [4.69, 9.17) is 14.5 Å². The molecule has 0 aromatic heterocycles. The van der Waals surface area contributed by atoms with Crippen molar-refractivity contribution in [1.29, 1.82) is 0 Å². The highest BCUT2D eigenvalue weighted by atomic mass is 16.5. The lowest BCUT2D eigenvalue weighted by atomic mass is 9.66. The highest BCUT2D eigenvalue weighted by Gasteiger charge is 2.46. The molecule has 0 spiro atoms. The number of ether oxygens (including phenoxy) is 2. The van der Waals surface area contributed by atoms with E-state index in [0.717, 1.165) is 23.3 Å². The van der Waals surface area contributed by atoms with E-state index in [0.29, 0.717) is 36.5 Å². The third kappa shape index (κ3) is 4.12. The lowest BCUT2D eigenvalue weighted by Crippen LogP contribution is -2.41. The van der Waals surface area contributed by atoms with Crippen molar-refractivity contribution in [3.05, 3.63) is 77.0 Å². The molecule has 3 atom stereocenters. The van der Waals surface area contributed by atoms with Crippen LogP contribution in [0.5, 0.6) is 5.75 Å². The maximum absolute atomic E-state index is 13.6. The highest BCUT2D eigenvalue weighted by molar-refractivity contribution is 6.12. The van der Waals surface area contributed by atoms with Gasteiger partial charge in [-0.25, -0.2) is 4.79 Å². The first-order valence-corrected chi connectivity index (χ1v) is 11.2. The van der Waals surface area contributed by atoms with Crippen molar-refractivity contribution in [2.75, 3.05) is 13.7 Å². The molecule has 0 bridgehead atoms. The number of carbonyl (C=O) groups excluding carboxylic acids is 2. The minimum atomic E-state index is -0.487. The van der Waals surface area contributed by atoms with Crippen molar-refractivity contribution in [1.82, 2.24) is 0 Å². The van der Waals surface area contributed by atoms with Crippen molar-refractivity contribution in [2.24, 2.45) is 10.9 Å². The molecule has 4 rings (SSSR count). The van der Waals surface area contributed by atoms with E-state index in [1.807, 2.05) is 56.3 Å². The number of methoxy groups -OCH3 is 1. The summed E-state index contributed by atoms with van der Waals surface area (Å²) in [7, 11) is 1.37. The van der Waals surface area contributed by atoms with Gasteiger partial charge in [-0.2, -0.15) is 0 Å². The molecule has 1 aliphatic carbocycles. The van der Waals surface area contributed by atoms with Gasteiger partial charge in [-0.05, 0) is 37.3 Å². The maximum atomic E-state index is 13.6. The average Bonchev–Trinajstić information content (AvgIpc) is 2.82. The lowest BCUT2D eigenvalue weighted by Gasteiger charge is -2.38. The summed E-state index contributed by atoms with van der Waals surface area (Å²) < 4.78 is 11.1. The number of nitrogens with zero attached hydrogens (tertiary/aromatic N) is 1. The number of fused-ring (bicyclic) bond motifs is 1. The van der Waals surface area contributed by atoms with Crippen LogP contribution in [0.2, 0.25) is 0 Å². The quantitative estimate of drug-likeness (QED) is 0.588. The molecule has 166 valence electrons. The molecule has 0 amide bonds. The van der Waals surface area contributed by atoms with Crippen molar-refractivity contribution in [2.45, 2.75) is 44.9 Å². The Bertz CT molecular complexity index is 1070. The van der Waals surface area contributed by atoms with Crippen LogP contribution < -0.4 is 4.74 Å². The van der Waals surface area contributed by atoms with Crippen LogP contribution in [0, 0.1) is 5.92 Å². The van der Waals surface area contributed by atoms with Crippen LogP contribution in [0.15, 0.2) is 70.9 Å². The smallest absolute Gasteiger partial charge is 0.336 e. The van der Waals surface area contributed by atoms with Gasteiger partial charge in [0.05, 0.1) is 25.2 Å². The minimum Gasteiger partial charge on any atom is -0.493 e. The third-order valence-corrected chi connectivity index (χ3v) is 6.35.